The molecule has 0 saturated heterocycles. The number of hydrogen-bond acceptors (Lipinski definition) is 2. The van der Waals surface area contributed by atoms with Gasteiger partial charge in [0.05, 0.1) is 0 Å². The Morgan fingerprint density at radius 1 is 1.43 bits per heavy atom. The van der Waals surface area contributed by atoms with Gasteiger partial charge in [0, 0.05) is 18.0 Å². The highest BCUT2D eigenvalue weighted by molar-refractivity contribution is 5.53. The van der Waals surface area contributed by atoms with Gasteiger partial charge in [0.25, 0.3) is 0 Å². The van der Waals surface area contributed by atoms with Crippen LogP contribution in [0.1, 0.15) is 39.0 Å². The Kier molecular flexibility index (Phi) is 3.05. The van der Waals surface area contributed by atoms with Crippen molar-refractivity contribution in [2.45, 2.75) is 39.0 Å². The summed E-state index contributed by atoms with van der Waals surface area (Å²) in [5.41, 5.74) is 4.43. The molecule has 2 aliphatic rings. The van der Waals surface area contributed by atoms with Gasteiger partial charge in [-0.15, -0.1) is 5.10 Å². The molecule has 0 aromatic carbocycles. The van der Waals surface area contributed by atoms with Crippen LogP contribution in [0, 0.1) is 11.8 Å². The highest BCUT2D eigenvalue weighted by Gasteiger charge is 2.17. The van der Waals surface area contributed by atoms with Crippen LogP contribution >= 0.6 is 0 Å². The fourth-order valence-electron chi connectivity index (χ4n) is 2.28. The lowest BCUT2D eigenvalue weighted by Gasteiger charge is -2.22. The molecule has 0 amide bonds. The number of allylic oxidation sites excluding steroid dienone is 2. The maximum atomic E-state index is 3.94. The number of nitrogens with zero attached hydrogens (tertiary/aromatic N) is 1. The van der Waals surface area contributed by atoms with Crippen LogP contribution in [-0.2, 0) is 0 Å². The van der Waals surface area contributed by atoms with E-state index >= 15 is 0 Å². The van der Waals surface area contributed by atoms with E-state index in [1.165, 1.54) is 37.7 Å². The minimum Gasteiger partial charge on any atom is -0.278 e. The van der Waals surface area contributed by atoms with E-state index in [2.05, 4.69) is 35.6 Å². The number of hydrazone groups is 1. The molecule has 2 heteroatoms. The van der Waals surface area contributed by atoms with Crippen molar-refractivity contribution in [3.63, 3.8) is 0 Å². The molecule has 76 valence electrons. The second-order valence-electron chi connectivity index (χ2n) is 4.44. The molecule has 1 heterocycles. The molecule has 0 aromatic heterocycles. The van der Waals surface area contributed by atoms with E-state index in [9.17, 15) is 0 Å². The second kappa shape index (κ2) is 4.47. The summed E-state index contributed by atoms with van der Waals surface area (Å²) < 4.78 is 0. The molecule has 2 rings (SSSR count). The van der Waals surface area contributed by atoms with Crippen LogP contribution in [-0.4, -0.2) is 5.87 Å². The van der Waals surface area contributed by atoms with Crippen LogP contribution in [0.3, 0.4) is 0 Å². The summed E-state index contributed by atoms with van der Waals surface area (Å²) >= 11 is 0. The molecule has 1 fully saturated rings. The van der Waals surface area contributed by atoms with Crippen LogP contribution in [0.5, 0.6) is 0 Å². The molecule has 2 unspecified atom stereocenters. The molecule has 1 N–H and O–H groups in total. The molecule has 1 aliphatic heterocycles. The Morgan fingerprint density at radius 3 is 3.29 bits per heavy atom. The van der Waals surface area contributed by atoms with Gasteiger partial charge in [0.2, 0.25) is 0 Å². The topological polar surface area (TPSA) is 24.4 Å². The zero-order valence-corrected chi connectivity index (χ0v) is 8.79. The normalized spacial score (nSPS) is 31.9. The van der Waals surface area contributed by atoms with Crippen molar-refractivity contribution in [2.75, 3.05) is 0 Å². The molecule has 14 heavy (non-hydrogen) atoms. The van der Waals surface area contributed by atoms with E-state index in [1.807, 2.05) is 0 Å². The van der Waals surface area contributed by atoms with Gasteiger partial charge < -0.3 is 0 Å². The minimum absolute atomic E-state index is 0.580. The number of nitrogens with one attached hydrogen (secondary N) is 1. The van der Waals surface area contributed by atoms with Crippen LogP contribution in [0.15, 0.2) is 23.0 Å². The van der Waals surface area contributed by atoms with Crippen molar-refractivity contribution < 1.29 is 0 Å². The van der Waals surface area contributed by atoms with E-state index in [-0.39, 0.29) is 0 Å². The summed E-state index contributed by atoms with van der Waals surface area (Å²) in [6.45, 7) is 2.36. The van der Waals surface area contributed by atoms with Crippen LogP contribution in [0.2, 0.25) is 0 Å². The maximum Gasteiger partial charge on any atom is 0.0205 e. The zero-order valence-electron chi connectivity index (χ0n) is 8.79. The Labute approximate surface area is 85.8 Å². The van der Waals surface area contributed by atoms with Crippen LogP contribution in [0.25, 0.3) is 0 Å². The molecule has 0 aromatic rings. The predicted octanol–water partition coefficient (Wildman–Crippen LogP) is 2.83. The SMILES string of the molecule is CC1CCCC2=CNN=C=CC2CC1. The van der Waals surface area contributed by atoms with Crippen molar-refractivity contribution in [1.29, 1.82) is 0 Å². The summed E-state index contributed by atoms with van der Waals surface area (Å²) in [5, 5.41) is 3.94. The Hall–Kier alpha value is -1.01. The van der Waals surface area contributed by atoms with Gasteiger partial charge in [0.15, 0.2) is 0 Å². The first-order valence-electron chi connectivity index (χ1n) is 5.59. The largest absolute Gasteiger partial charge is 0.278 e. The molecule has 1 aliphatic carbocycles. The predicted molar refractivity (Wildman–Crippen MR) is 59.0 cm³/mol. The number of hydrogen-bond donors (Lipinski definition) is 1. The first-order valence-corrected chi connectivity index (χ1v) is 5.59. The first-order chi connectivity index (χ1) is 6.86. The Morgan fingerprint density at radius 2 is 2.36 bits per heavy atom. The van der Waals surface area contributed by atoms with E-state index in [0.717, 1.165) is 5.92 Å². The number of fused-ring (bicyclic) bond motifs is 1. The van der Waals surface area contributed by atoms with Gasteiger partial charge in [-0.05, 0) is 43.3 Å². The third kappa shape index (κ3) is 2.27. The summed E-state index contributed by atoms with van der Waals surface area (Å²) in [6.07, 6.45) is 10.7. The quantitative estimate of drug-likeness (QED) is 0.624. The van der Waals surface area contributed by atoms with Crippen molar-refractivity contribution in [3.05, 3.63) is 17.8 Å². The maximum absolute atomic E-state index is 3.94. The molecule has 2 nitrogen and oxygen atoms in total. The summed E-state index contributed by atoms with van der Waals surface area (Å²) in [5.74, 6) is 4.41. The lowest BCUT2D eigenvalue weighted by atomic mass is 9.83. The second-order valence-corrected chi connectivity index (χ2v) is 4.44. The fraction of sp³-hybridized carbons (Fsp3) is 0.667. The summed E-state index contributed by atoms with van der Waals surface area (Å²) in [4.78, 5) is 0. The number of rotatable bonds is 0. The fourth-order valence-corrected chi connectivity index (χ4v) is 2.28. The molecule has 2 atom stereocenters. The van der Waals surface area contributed by atoms with Crippen molar-refractivity contribution in [3.8, 4) is 0 Å². The van der Waals surface area contributed by atoms with Crippen molar-refractivity contribution >= 4 is 5.87 Å². The summed E-state index contributed by atoms with van der Waals surface area (Å²) in [6, 6.07) is 0. The van der Waals surface area contributed by atoms with Gasteiger partial charge in [-0.25, -0.2) is 0 Å². The zero-order chi connectivity index (χ0) is 9.80. The molecular formula is C12H18N2. The van der Waals surface area contributed by atoms with Crippen molar-refractivity contribution in [2.24, 2.45) is 16.9 Å². The van der Waals surface area contributed by atoms with E-state index < -0.39 is 0 Å². The van der Waals surface area contributed by atoms with Crippen molar-refractivity contribution in [1.82, 2.24) is 5.43 Å². The smallest absolute Gasteiger partial charge is 0.0205 e. The summed E-state index contributed by atoms with van der Waals surface area (Å²) in [7, 11) is 0. The first kappa shape index (κ1) is 9.54. The lowest BCUT2D eigenvalue weighted by molar-refractivity contribution is 0.408. The molecule has 0 spiro atoms. The van der Waals surface area contributed by atoms with E-state index in [1.54, 1.807) is 0 Å². The standard InChI is InChI=1S/C12H18N2/c1-10-3-2-4-12-9-14-13-8-7-11(12)6-5-10/h7,9-11,14H,2-6H2,1H3. The van der Waals surface area contributed by atoms with Gasteiger partial charge in [-0.1, -0.05) is 13.3 Å². The third-order valence-electron chi connectivity index (χ3n) is 3.26. The average Bonchev–Trinajstić information content (AvgIpc) is 2.37. The molecule has 0 radical (unpaired) electrons. The highest BCUT2D eigenvalue weighted by Crippen LogP contribution is 2.30. The molecular weight excluding hydrogens is 172 g/mol. The highest BCUT2D eigenvalue weighted by atomic mass is 15.3. The van der Waals surface area contributed by atoms with E-state index in [4.69, 9.17) is 0 Å². The molecule has 0 bridgehead atoms. The van der Waals surface area contributed by atoms with E-state index in [0.29, 0.717) is 5.92 Å². The van der Waals surface area contributed by atoms with Gasteiger partial charge in [-0.3, -0.25) is 5.43 Å². The lowest BCUT2D eigenvalue weighted by Crippen LogP contribution is -2.10. The molecule has 1 saturated carbocycles. The van der Waals surface area contributed by atoms with Crippen LogP contribution in [0.4, 0.5) is 0 Å². The monoisotopic (exact) mass is 190 g/mol. The Balaban J connectivity index is 2.10. The third-order valence-corrected chi connectivity index (χ3v) is 3.26. The average molecular weight is 190 g/mol. The Bertz CT molecular complexity index is 285. The van der Waals surface area contributed by atoms with Gasteiger partial charge in [-0.2, -0.15) is 0 Å². The van der Waals surface area contributed by atoms with Crippen LogP contribution < -0.4 is 5.43 Å². The van der Waals surface area contributed by atoms with Gasteiger partial charge >= 0.3 is 0 Å². The van der Waals surface area contributed by atoms with Gasteiger partial charge in [0.1, 0.15) is 0 Å². The minimum atomic E-state index is 0.580.